The van der Waals surface area contributed by atoms with Gasteiger partial charge in [-0.3, -0.25) is 4.79 Å². The van der Waals surface area contributed by atoms with E-state index in [1.165, 1.54) is 12.1 Å². The van der Waals surface area contributed by atoms with Crippen LogP contribution in [0.5, 0.6) is 0 Å². The molecule has 0 aliphatic rings. The van der Waals surface area contributed by atoms with Crippen molar-refractivity contribution in [3.63, 3.8) is 0 Å². The zero-order chi connectivity index (χ0) is 10.0. The van der Waals surface area contributed by atoms with Crippen molar-refractivity contribution in [3.05, 3.63) is 28.0 Å². The number of aliphatic carboxylic acids is 1. The van der Waals surface area contributed by atoms with Gasteiger partial charge in [-0.1, -0.05) is 23.2 Å². The Kier molecular flexibility index (Phi) is 3.12. The fourth-order valence-corrected chi connectivity index (χ4v) is 1.35. The van der Waals surface area contributed by atoms with Gasteiger partial charge in [-0.25, -0.2) is 4.98 Å². The van der Waals surface area contributed by atoms with E-state index in [2.05, 4.69) is 4.98 Å². The van der Waals surface area contributed by atoms with Gasteiger partial charge in [0.2, 0.25) is 0 Å². The summed E-state index contributed by atoms with van der Waals surface area (Å²) in [5, 5.41) is 9.12. The first kappa shape index (κ1) is 10.3. The molecular formula is C8H7Cl2NO2. The third-order valence-corrected chi connectivity index (χ3v) is 2.04. The van der Waals surface area contributed by atoms with Crippen molar-refractivity contribution in [1.82, 2.24) is 4.98 Å². The Labute approximate surface area is 85.3 Å². The number of hydrogen-bond acceptors (Lipinski definition) is 2. The summed E-state index contributed by atoms with van der Waals surface area (Å²) in [6.45, 7) is 1.56. The SMILES string of the molecule is CC(C(=O)O)c1cc(Cl)nc(Cl)c1. The summed E-state index contributed by atoms with van der Waals surface area (Å²) in [4.78, 5) is 14.3. The minimum Gasteiger partial charge on any atom is -0.481 e. The maximum Gasteiger partial charge on any atom is 0.310 e. The second-order valence-electron chi connectivity index (χ2n) is 2.61. The van der Waals surface area contributed by atoms with Crippen molar-refractivity contribution < 1.29 is 9.90 Å². The van der Waals surface area contributed by atoms with Crippen LogP contribution in [0.1, 0.15) is 18.4 Å². The Morgan fingerprint density at radius 3 is 2.31 bits per heavy atom. The Morgan fingerprint density at radius 1 is 1.46 bits per heavy atom. The van der Waals surface area contributed by atoms with Crippen LogP contribution in [0.15, 0.2) is 12.1 Å². The summed E-state index contributed by atoms with van der Waals surface area (Å²) in [6.07, 6.45) is 0. The minimum absolute atomic E-state index is 0.204. The van der Waals surface area contributed by atoms with E-state index in [-0.39, 0.29) is 10.3 Å². The highest BCUT2D eigenvalue weighted by atomic mass is 35.5. The quantitative estimate of drug-likeness (QED) is 0.779. The predicted molar refractivity (Wildman–Crippen MR) is 50.3 cm³/mol. The molecule has 1 aromatic heterocycles. The number of hydrogen-bond donors (Lipinski definition) is 1. The molecule has 0 aliphatic carbocycles. The van der Waals surface area contributed by atoms with Crippen molar-refractivity contribution in [2.24, 2.45) is 0 Å². The standard InChI is InChI=1S/C8H7Cl2NO2/c1-4(8(12)13)5-2-6(9)11-7(10)3-5/h2-4H,1H3,(H,12,13). The lowest BCUT2D eigenvalue weighted by atomic mass is 10.0. The van der Waals surface area contributed by atoms with Crippen LogP contribution in [0.4, 0.5) is 0 Å². The molecule has 1 aromatic rings. The van der Waals surface area contributed by atoms with Gasteiger partial charge in [-0.15, -0.1) is 0 Å². The maximum absolute atomic E-state index is 10.6. The molecule has 1 heterocycles. The van der Waals surface area contributed by atoms with E-state index in [9.17, 15) is 4.79 Å². The van der Waals surface area contributed by atoms with Gasteiger partial charge in [-0.2, -0.15) is 0 Å². The molecule has 0 saturated heterocycles. The second-order valence-corrected chi connectivity index (χ2v) is 3.38. The summed E-state index contributed by atoms with van der Waals surface area (Å²) < 4.78 is 0. The molecule has 0 bridgehead atoms. The van der Waals surface area contributed by atoms with Crippen LogP contribution in [0, 0.1) is 0 Å². The molecule has 1 atom stereocenters. The first-order chi connectivity index (χ1) is 6.00. The maximum atomic E-state index is 10.6. The van der Waals surface area contributed by atoms with Crippen LogP contribution in [-0.4, -0.2) is 16.1 Å². The summed E-state index contributed by atoms with van der Waals surface area (Å²) in [5.74, 6) is -1.55. The molecule has 0 aliphatic heterocycles. The zero-order valence-electron chi connectivity index (χ0n) is 6.79. The Bertz CT molecular complexity index is 321. The normalized spacial score (nSPS) is 12.5. The molecule has 0 saturated carbocycles. The molecule has 0 spiro atoms. The first-order valence-electron chi connectivity index (χ1n) is 3.56. The van der Waals surface area contributed by atoms with E-state index >= 15 is 0 Å². The molecule has 1 rings (SSSR count). The van der Waals surface area contributed by atoms with Gasteiger partial charge in [-0.05, 0) is 24.6 Å². The van der Waals surface area contributed by atoms with Gasteiger partial charge in [0.05, 0.1) is 5.92 Å². The van der Waals surface area contributed by atoms with Gasteiger partial charge in [0, 0.05) is 0 Å². The zero-order valence-corrected chi connectivity index (χ0v) is 8.30. The lowest BCUT2D eigenvalue weighted by Gasteiger charge is -2.06. The van der Waals surface area contributed by atoms with Crippen LogP contribution in [0.25, 0.3) is 0 Å². The van der Waals surface area contributed by atoms with Gasteiger partial charge in [0.1, 0.15) is 10.3 Å². The van der Waals surface area contributed by atoms with E-state index in [4.69, 9.17) is 28.3 Å². The highest BCUT2D eigenvalue weighted by Crippen LogP contribution is 2.21. The fraction of sp³-hybridized carbons (Fsp3) is 0.250. The third kappa shape index (κ3) is 2.57. The lowest BCUT2D eigenvalue weighted by molar-refractivity contribution is -0.138. The monoisotopic (exact) mass is 219 g/mol. The van der Waals surface area contributed by atoms with Crippen molar-refractivity contribution in [2.45, 2.75) is 12.8 Å². The summed E-state index contributed by atoms with van der Waals surface area (Å²) in [7, 11) is 0. The summed E-state index contributed by atoms with van der Waals surface area (Å²) in [6, 6.07) is 2.98. The van der Waals surface area contributed by atoms with E-state index < -0.39 is 11.9 Å². The van der Waals surface area contributed by atoms with Crippen molar-refractivity contribution in [3.8, 4) is 0 Å². The Morgan fingerprint density at radius 2 is 1.92 bits per heavy atom. The first-order valence-corrected chi connectivity index (χ1v) is 4.32. The minimum atomic E-state index is -0.918. The number of aromatic nitrogens is 1. The molecule has 0 radical (unpaired) electrons. The molecule has 1 unspecified atom stereocenters. The van der Waals surface area contributed by atoms with Crippen molar-refractivity contribution >= 4 is 29.2 Å². The van der Waals surface area contributed by atoms with Gasteiger partial charge in [0.15, 0.2) is 0 Å². The second kappa shape index (κ2) is 3.94. The molecule has 0 amide bonds. The number of halogens is 2. The molecule has 3 nitrogen and oxygen atoms in total. The predicted octanol–water partition coefficient (Wildman–Crippen LogP) is 2.58. The van der Waals surface area contributed by atoms with Crippen LogP contribution < -0.4 is 0 Å². The highest BCUT2D eigenvalue weighted by molar-refractivity contribution is 6.32. The smallest absolute Gasteiger partial charge is 0.310 e. The number of carboxylic acids is 1. The van der Waals surface area contributed by atoms with Gasteiger partial charge in [0.25, 0.3) is 0 Å². The average molecular weight is 220 g/mol. The van der Waals surface area contributed by atoms with Crippen LogP contribution in [0.2, 0.25) is 10.3 Å². The molecule has 0 fully saturated rings. The highest BCUT2D eigenvalue weighted by Gasteiger charge is 2.14. The molecule has 1 N–H and O–H groups in total. The average Bonchev–Trinajstić information content (AvgIpc) is 2.01. The number of pyridine rings is 1. The molecule has 13 heavy (non-hydrogen) atoms. The van der Waals surface area contributed by atoms with E-state index in [0.717, 1.165) is 0 Å². The topological polar surface area (TPSA) is 50.2 Å². The Balaban J connectivity index is 3.07. The number of rotatable bonds is 2. The number of carbonyl (C=O) groups is 1. The molecular weight excluding hydrogens is 213 g/mol. The van der Waals surface area contributed by atoms with Crippen LogP contribution in [0.3, 0.4) is 0 Å². The van der Waals surface area contributed by atoms with Crippen molar-refractivity contribution in [2.75, 3.05) is 0 Å². The Hall–Kier alpha value is -0.800. The van der Waals surface area contributed by atoms with E-state index in [1.807, 2.05) is 0 Å². The third-order valence-electron chi connectivity index (χ3n) is 1.66. The fourth-order valence-electron chi connectivity index (χ4n) is 0.876. The van der Waals surface area contributed by atoms with E-state index in [0.29, 0.717) is 5.56 Å². The molecule has 5 heteroatoms. The largest absolute Gasteiger partial charge is 0.481 e. The van der Waals surface area contributed by atoms with Gasteiger partial charge >= 0.3 is 5.97 Å². The van der Waals surface area contributed by atoms with Crippen molar-refractivity contribution in [1.29, 1.82) is 0 Å². The number of carboxylic acid groups (broad SMARTS) is 1. The molecule has 0 aromatic carbocycles. The lowest BCUT2D eigenvalue weighted by Crippen LogP contribution is -2.07. The van der Waals surface area contributed by atoms with Crippen LogP contribution >= 0.6 is 23.2 Å². The number of nitrogens with zero attached hydrogens (tertiary/aromatic N) is 1. The summed E-state index contributed by atoms with van der Waals surface area (Å²) >= 11 is 11.2. The van der Waals surface area contributed by atoms with Gasteiger partial charge < -0.3 is 5.11 Å². The molecule has 70 valence electrons. The summed E-state index contributed by atoms with van der Waals surface area (Å²) in [5.41, 5.74) is 0.553. The van der Waals surface area contributed by atoms with Crippen LogP contribution in [-0.2, 0) is 4.79 Å². The van der Waals surface area contributed by atoms with E-state index in [1.54, 1.807) is 6.92 Å².